The first kappa shape index (κ1) is 15.4. The summed E-state index contributed by atoms with van der Waals surface area (Å²) in [6.45, 7) is 5.71. The molecule has 0 saturated heterocycles. The fourth-order valence-corrected chi connectivity index (χ4v) is 1.28. The molecule has 0 aromatic rings. The van der Waals surface area contributed by atoms with Crippen molar-refractivity contribution in [2.24, 2.45) is 5.92 Å². The van der Waals surface area contributed by atoms with E-state index in [4.69, 9.17) is 10.2 Å². The van der Waals surface area contributed by atoms with Gasteiger partial charge in [0, 0.05) is 19.6 Å². The second-order valence-corrected chi connectivity index (χ2v) is 3.59. The van der Waals surface area contributed by atoms with Crippen molar-refractivity contribution in [3.63, 3.8) is 0 Å². The van der Waals surface area contributed by atoms with Crippen LogP contribution in [-0.2, 0) is 4.79 Å². The first-order valence-electron chi connectivity index (χ1n) is 5.54. The number of amides is 2. The van der Waals surface area contributed by atoms with Gasteiger partial charge < -0.3 is 20.4 Å². The van der Waals surface area contributed by atoms with Gasteiger partial charge in [0.2, 0.25) is 0 Å². The number of aliphatic carboxylic acids is 1. The number of carboxylic acid groups (broad SMARTS) is 1. The molecule has 0 heterocycles. The van der Waals surface area contributed by atoms with Gasteiger partial charge in [0.1, 0.15) is 0 Å². The van der Waals surface area contributed by atoms with Crippen molar-refractivity contribution < 1.29 is 19.8 Å². The Morgan fingerprint density at radius 1 is 1.53 bits per heavy atom. The summed E-state index contributed by atoms with van der Waals surface area (Å²) >= 11 is 0. The smallest absolute Gasteiger partial charge is 0.317 e. The Morgan fingerprint density at radius 2 is 2.18 bits per heavy atom. The molecular formula is C11H20N2O4. The van der Waals surface area contributed by atoms with E-state index in [1.54, 1.807) is 13.0 Å². The number of carbonyl (C=O) groups excluding carboxylic acids is 1. The molecule has 2 amide bonds. The van der Waals surface area contributed by atoms with Crippen LogP contribution in [0.4, 0.5) is 4.79 Å². The van der Waals surface area contributed by atoms with E-state index in [1.807, 2.05) is 0 Å². The zero-order chi connectivity index (χ0) is 13.3. The van der Waals surface area contributed by atoms with Crippen LogP contribution in [0.25, 0.3) is 0 Å². The lowest BCUT2D eigenvalue weighted by Gasteiger charge is -2.21. The SMILES string of the molecule is C=CCN(CCO)C(=O)NCC(CC)C(=O)O. The van der Waals surface area contributed by atoms with E-state index in [1.165, 1.54) is 4.90 Å². The molecule has 0 aliphatic rings. The van der Waals surface area contributed by atoms with Crippen molar-refractivity contribution in [3.8, 4) is 0 Å². The average Bonchev–Trinajstić information content (AvgIpc) is 2.28. The number of hydrogen-bond acceptors (Lipinski definition) is 3. The Bertz CT molecular complexity index is 268. The summed E-state index contributed by atoms with van der Waals surface area (Å²) in [4.78, 5) is 23.7. The zero-order valence-electron chi connectivity index (χ0n) is 10.1. The molecule has 0 aliphatic carbocycles. The molecule has 0 radical (unpaired) electrons. The molecule has 1 atom stereocenters. The second kappa shape index (κ2) is 8.58. The van der Waals surface area contributed by atoms with Gasteiger partial charge in [-0.15, -0.1) is 6.58 Å². The van der Waals surface area contributed by atoms with Crippen LogP contribution in [0.1, 0.15) is 13.3 Å². The largest absolute Gasteiger partial charge is 0.481 e. The van der Waals surface area contributed by atoms with Gasteiger partial charge in [-0.25, -0.2) is 4.79 Å². The Hall–Kier alpha value is -1.56. The maximum atomic E-state index is 11.6. The van der Waals surface area contributed by atoms with E-state index >= 15 is 0 Å². The van der Waals surface area contributed by atoms with E-state index < -0.39 is 17.9 Å². The molecule has 0 aromatic carbocycles. The minimum atomic E-state index is -0.926. The highest BCUT2D eigenvalue weighted by Gasteiger charge is 2.17. The topological polar surface area (TPSA) is 89.9 Å². The van der Waals surface area contributed by atoms with Crippen molar-refractivity contribution in [2.75, 3.05) is 26.2 Å². The van der Waals surface area contributed by atoms with Gasteiger partial charge >= 0.3 is 12.0 Å². The highest BCUT2D eigenvalue weighted by molar-refractivity contribution is 5.76. The first-order valence-corrected chi connectivity index (χ1v) is 5.54. The third kappa shape index (κ3) is 5.91. The number of nitrogens with one attached hydrogen (secondary N) is 1. The third-order valence-corrected chi connectivity index (χ3v) is 2.35. The quantitative estimate of drug-likeness (QED) is 0.535. The first-order chi connectivity index (χ1) is 8.06. The fourth-order valence-electron chi connectivity index (χ4n) is 1.28. The maximum absolute atomic E-state index is 11.6. The standard InChI is InChI=1S/C11H20N2O4/c1-3-5-13(6-7-14)11(17)12-8-9(4-2)10(15)16/h3,9,14H,1,4-8H2,2H3,(H,12,17)(H,15,16). The predicted molar refractivity (Wildman–Crippen MR) is 63.7 cm³/mol. The van der Waals surface area contributed by atoms with E-state index in [0.717, 1.165) is 0 Å². The molecule has 6 heteroatoms. The lowest BCUT2D eigenvalue weighted by atomic mass is 10.1. The lowest BCUT2D eigenvalue weighted by Crippen LogP contribution is -2.44. The van der Waals surface area contributed by atoms with Crippen molar-refractivity contribution in [3.05, 3.63) is 12.7 Å². The van der Waals surface area contributed by atoms with Gasteiger partial charge in [-0.1, -0.05) is 13.0 Å². The molecule has 0 spiro atoms. The van der Waals surface area contributed by atoms with Crippen LogP contribution >= 0.6 is 0 Å². The maximum Gasteiger partial charge on any atom is 0.317 e. The van der Waals surface area contributed by atoms with Gasteiger partial charge in [-0.2, -0.15) is 0 Å². The van der Waals surface area contributed by atoms with Gasteiger partial charge in [0.15, 0.2) is 0 Å². The molecule has 0 rings (SSSR count). The van der Waals surface area contributed by atoms with E-state index in [9.17, 15) is 9.59 Å². The number of carboxylic acids is 1. The van der Waals surface area contributed by atoms with Crippen molar-refractivity contribution in [2.45, 2.75) is 13.3 Å². The van der Waals surface area contributed by atoms with Gasteiger partial charge in [-0.3, -0.25) is 4.79 Å². The summed E-state index contributed by atoms with van der Waals surface area (Å²) in [5, 5.41) is 20.1. The number of aliphatic hydroxyl groups is 1. The Labute approximate surface area is 101 Å². The normalized spacial score (nSPS) is 11.6. The van der Waals surface area contributed by atoms with Crippen molar-refractivity contribution in [1.82, 2.24) is 10.2 Å². The fraction of sp³-hybridized carbons (Fsp3) is 0.636. The van der Waals surface area contributed by atoms with Crippen molar-refractivity contribution in [1.29, 1.82) is 0 Å². The Balaban J connectivity index is 4.20. The number of rotatable bonds is 8. The summed E-state index contributed by atoms with van der Waals surface area (Å²) in [5.74, 6) is -1.51. The molecule has 1 unspecified atom stereocenters. The molecule has 6 nitrogen and oxygen atoms in total. The number of carbonyl (C=O) groups is 2. The van der Waals surface area contributed by atoms with E-state index in [0.29, 0.717) is 13.0 Å². The molecule has 0 fully saturated rings. The molecular weight excluding hydrogens is 224 g/mol. The summed E-state index contributed by atoms with van der Waals surface area (Å²) < 4.78 is 0. The molecule has 0 saturated carbocycles. The van der Waals surface area contributed by atoms with Crippen LogP contribution in [0.5, 0.6) is 0 Å². The van der Waals surface area contributed by atoms with Crippen LogP contribution in [0, 0.1) is 5.92 Å². The van der Waals surface area contributed by atoms with Gasteiger partial charge in [0.05, 0.1) is 12.5 Å². The summed E-state index contributed by atoms with van der Waals surface area (Å²) in [6.07, 6.45) is 2.00. The third-order valence-electron chi connectivity index (χ3n) is 2.35. The van der Waals surface area contributed by atoms with E-state index in [2.05, 4.69) is 11.9 Å². The molecule has 3 N–H and O–H groups in total. The van der Waals surface area contributed by atoms with Crippen LogP contribution < -0.4 is 5.32 Å². The van der Waals surface area contributed by atoms with Crippen molar-refractivity contribution >= 4 is 12.0 Å². The van der Waals surface area contributed by atoms with Gasteiger partial charge in [0.25, 0.3) is 0 Å². The lowest BCUT2D eigenvalue weighted by molar-refractivity contribution is -0.141. The minimum absolute atomic E-state index is 0.0870. The Kier molecular flexibility index (Phi) is 7.79. The molecule has 0 aliphatic heterocycles. The van der Waals surface area contributed by atoms with Crippen LogP contribution in [0.3, 0.4) is 0 Å². The highest BCUT2D eigenvalue weighted by atomic mass is 16.4. The van der Waals surface area contributed by atoms with Gasteiger partial charge in [-0.05, 0) is 6.42 Å². The second-order valence-electron chi connectivity index (χ2n) is 3.59. The average molecular weight is 244 g/mol. The highest BCUT2D eigenvalue weighted by Crippen LogP contribution is 2.01. The molecule has 17 heavy (non-hydrogen) atoms. The molecule has 98 valence electrons. The molecule has 0 aromatic heterocycles. The number of urea groups is 1. The van der Waals surface area contributed by atoms with Crippen LogP contribution in [-0.4, -0.2) is 53.4 Å². The summed E-state index contributed by atoms with van der Waals surface area (Å²) in [5.41, 5.74) is 0. The molecule has 0 bridgehead atoms. The Morgan fingerprint density at radius 3 is 2.59 bits per heavy atom. The number of aliphatic hydroxyl groups excluding tert-OH is 1. The minimum Gasteiger partial charge on any atom is -0.481 e. The van der Waals surface area contributed by atoms with Crippen LogP contribution in [0.2, 0.25) is 0 Å². The van der Waals surface area contributed by atoms with E-state index in [-0.39, 0.29) is 19.7 Å². The number of nitrogens with zero attached hydrogens (tertiary/aromatic N) is 1. The summed E-state index contributed by atoms with van der Waals surface area (Å²) in [7, 11) is 0. The number of hydrogen-bond donors (Lipinski definition) is 3. The monoisotopic (exact) mass is 244 g/mol. The van der Waals surface area contributed by atoms with Crippen LogP contribution in [0.15, 0.2) is 12.7 Å². The predicted octanol–water partition coefficient (Wildman–Crippen LogP) is 0.287. The zero-order valence-corrected chi connectivity index (χ0v) is 10.1. The summed E-state index contributed by atoms with van der Waals surface area (Å²) in [6, 6.07) is -0.390.